The molecule has 0 atom stereocenters. The number of hydrogen-bond donors (Lipinski definition) is 1. The van der Waals surface area contributed by atoms with Crippen molar-refractivity contribution in [1.29, 1.82) is 0 Å². The first-order chi connectivity index (χ1) is 6.90. The van der Waals surface area contributed by atoms with Crippen molar-refractivity contribution < 1.29 is 4.74 Å². The van der Waals surface area contributed by atoms with Gasteiger partial charge in [0.05, 0.1) is 13.2 Å². The maximum absolute atomic E-state index is 5.09. The molecular formula is C11H14N2O. The fourth-order valence-electron chi connectivity index (χ4n) is 1.57. The first kappa shape index (κ1) is 9.21. The molecule has 0 aliphatic carbocycles. The van der Waals surface area contributed by atoms with E-state index in [0.29, 0.717) is 6.61 Å². The molecule has 3 nitrogen and oxygen atoms in total. The number of ether oxygens (including phenoxy) is 1. The van der Waals surface area contributed by atoms with E-state index in [4.69, 9.17) is 4.74 Å². The fraction of sp³-hybridized carbons (Fsp3) is 0.364. The first-order valence-corrected chi connectivity index (χ1v) is 4.77. The molecule has 0 saturated heterocycles. The van der Waals surface area contributed by atoms with Gasteiger partial charge in [0, 0.05) is 19.2 Å². The van der Waals surface area contributed by atoms with Gasteiger partial charge in [0.2, 0.25) is 0 Å². The third kappa shape index (κ3) is 1.93. The highest BCUT2D eigenvalue weighted by molar-refractivity contribution is 5.99. The molecule has 1 aromatic carbocycles. The summed E-state index contributed by atoms with van der Waals surface area (Å²) in [6.45, 7) is 2.48. The van der Waals surface area contributed by atoms with Gasteiger partial charge in [-0.1, -0.05) is 18.2 Å². The highest BCUT2D eigenvalue weighted by Gasteiger charge is 2.07. The highest BCUT2D eigenvalue weighted by atomic mass is 16.5. The van der Waals surface area contributed by atoms with Crippen LogP contribution in [0.1, 0.15) is 11.1 Å². The van der Waals surface area contributed by atoms with Crippen LogP contribution < -0.4 is 5.32 Å². The van der Waals surface area contributed by atoms with Gasteiger partial charge >= 0.3 is 0 Å². The highest BCUT2D eigenvalue weighted by Crippen LogP contribution is 2.08. The maximum atomic E-state index is 5.09. The average Bonchev–Trinajstić information content (AvgIpc) is 2.71. The van der Waals surface area contributed by atoms with E-state index in [1.54, 1.807) is 7.11 Å². The molecule has 2 rings (SSSR count). The van der Waals surface area contributed by atoms with Gasteiger partial charge in [-0.3, -0.25) is 4.99 Å². The van der Waals surface area contributed by atoms with E-state index in [-0.39, 0.29) is 0 Å². The van der Waals surface area contributed by atoms with Gasteiger partial charge in [-0.25, -0.2) is 0 Å². The normalized spacial score (nSPS) is 15.1. The Morgan fingerprint density at radius 3 is 3.14 bits per heavy atom. The lowest BCUT2D eigenvalue weighted by atomic mass is 10.1. The topological polar surface area (TPSA) is 33.6 Å². The van der Waals surface area contributed by atoms with Crippen molar-refractivity contribution >= 4 is 5.84 Å². The lowest BCUT2D eigenvalue weighted by Crippen LogP contribution is -2.19. The molecule has 0 spiro atoms. The molecular weight excluding hydrogens is 176 g/mol. The first-order valence-electron chi connectivity index (χ1n) is 4.77. The van der Waals surface area contributed by atoms with Crippen molar-refractivity contribution in [3.8, 4) is 0 Å². The zero-order valence-electron chi connectivity index (χ0n) is 8.29. The van der Waals surface area contributed by atoms with E-state index in [2.05, 4.69) is 28.5 Å². The summed E-state index contributed by atoms with van der Waals surface area (Å²) >= 11 is 0. The molecule has 74 valence electrons. The Morgan fingerprint density at radius 2 is 2.43 bits per heavy atom. The summed E-state index contributed by atoms with van der Waals surface area (Å²) in [7, 11) is 1.71. The summed E-state index contributed by atoms with van der Waals surface area (Å²) in [5.74, 6) is 1.00. The Morgan fingerprint density at radius 1 is 1.50 bits per heavy atom. The van der Waals surface area contributed by atoms with Crippen LogP contribution in [0.5, 0.6) is 0 Å². The number of nitrogens with zero attached hydrogens (tertiary/aromatic N) is 1. The van der Waals surface area contributed by atoms with Crippen LogP contribution in [0.2, 0.25) is 0 Å². The zero-order valence-corrected chi connectivity index (χ0v) is 8.29. The van der Waals surface area contributed by atoms with E-state index in [1.807, 2.05) is 6.07 Å². The number of nitrogens with one attached hydrogen (secondary N) is 1. The van der Waals surface area contributed by atoms with Crippen LogP contribution in [0.3, 0.4) is 0 Å². The molecule has 1 aliphatic heterocycles. The molecule has 0 saturated carbocycles. The van der Waals surface area contributed by atoms with Crippen LogP contribution in [-0.2, 0) is 11.3 Å². The molecule has 0 unspecified atom stereocenters. The predicted octanol–water partition coefficient (Wildman–Crippen LogP) is 1.18. The Balaban J connectivity index is 2.21. The molecule has 0 amide bonds. The molecule has 0 radical (unpaired) electrons. The van der Waals surface area contributed by atoms with Gasteiger partial charge in [0.1, 0.15) is 5.84 Å². The Labute approximate surface area is 83.8 Å². The number of amidine groups is 1. The molecule has 0 fully saturated rings. The number of hydrogen-bond acceptors (Lipinski definition) is 3. The molecule has 0 aromatic heterocycles. The van der Waals surface area contributed by atoms with E-state index in [9.17, 15) is 0 Å². The van der Waals surface area contributed by atoms with E-state index in [0.717, 1.165) is 24.5 Å². The zero-order chi connectivity index (χ0) is 9.80. The van der Waals surface area contributed by atoms with Crippen LogP contribution >= 0.6 is 0 Å². The predicted molar refractivity (Wildman–Crippen MR) is 56.6 cm³/mol. The van der Waals surface area contributed by atoms with Crippen molar-refractivity contribution in [2.45, 2.75) is 6.61 Å². The lowest BCUT2D eigenvalue weighted by molar-refractivity contribution is 0.185. The number of benzene rings is 1. The lowest BCUT2D eigenvalue weighted by Gasteiger charge is -2.04. The van der Waals surface area contributed by atoms with Gasteiger partial charge in [0.15, 0.2) is 0 Å². The third-order valence-corrected chi connectivity index (χ3v) is 2.19. The molecule has 3 heteroatoms. The second-order valence-electron chi connectivity index (χ2n) is 3.29. The Hall–Kier alpha value is -1.35. The number of rotatable bonds is 3. The van der Waals surface area contributed by atoms with Gasteiger partial charge < -0.3 is 10.1 Å². The summed E-state index contributed by atoms with van der Waals surface area (Å²) in [6.07, 6.45) is 0. The monoisotopic (exact) mass is 190 g/mol. The van der Waals surface area contributed by atoms with E-state index >= 15 is 0 Å². The number of aliphatic imine (C=N–C) groups is 1. The summed E-state index contributed by atoms with van der Waals surface area (Å²) in [4.78, 5) is 4.37. The van der Waals surface area contributed by atoms with Gasteiger partial charge in [0.25, 0.3) is 0 Å². The maximum Gasteiger partial charge on any atom is 0.128 e. The Kier molecular flexibility index (Phi) is 2.79. The van der Waals surface area contributed by atoms with Gasteiger partial charge in [-0.2, -0.15) is 0 Å². The van der Waals surface area contributed by atoms with Crippen molar-refractivity contribution in [3.63, 3.8) is 0 Å². The quantitative estimate of drug-likeness (QED) is 0.776. The molecule has 1 N–H and O–H groups in total. The fourth-order valence-corrected chi connectivity index (χ4v) is 1.57. The van der Waals surface area contributed by atoms with Crippen LogP contribution in [0.15, 0.2) is 29.3 Å². The van der Waals surface area contributed by atoms with E-state index < -0.39 is 0 Å². The van der Waals surface area contributed by atoms with Crippen molar-refractivity contribution in [3.05, 3.63) is 35.4 Å². The summed E-state index contributed by atoms with van der Waals surface area (Å²) in [5, 5.41) is 3.25. The second-order valence-corrected chi connectivity index (χ2v) is 3.29. The molecule has 14 heavy (non-hydrogen) atoms. The van der Waals surface area contributed by atoms with Gasteiger partial charge in [-0.05, 0) is 11.6 Å². The standard InChI is InChI=1S/C11H14N2O/c1-14-8-9-3-2-4-10(7-9)11-12-5-6-13-11/h2-4,7H,5-6,8H2,1H3,(H,12,13). The minimum Gasteiger partial charge on any atom is -0.380 e. The summed E-state index contributed by atoms with van der Waals surface area (Å²) in [6, 6.07) is 8.27. The largest absolute Gasteiger partial charge is 0.380 e. The molecule has 0 bridgehead atoms. The van der Waals surface area contributed by atoms with Crippen molar-refractivity contribution in [1.82, 2.24) is 5.32 Å². The average molecular weight is 190 g/mol. The summed E-state index contributed by atoms with van der Waals surface area (Å²) in [5.41, 5.74) is 2.33. The van der Waals surface area contributed by atoms with Crippen molar-refractivity contribution in [2.24, 2.45) is 4.99 Å². The van der Waals surface area contributed by atoms with E-state index in [1.165, 1.54) is 5.56 Å². The van der Waals surface area contributed by atoms with Crippen molar-refractivity contribution in [2.75, 3.05) is 20.2 Å². The second kappa shape index (κ2) is 4.24. The minimum atomic E-state index is 0.654. The molecule has 1 heterocycles. The molecule has 1 aliphatic rings. The minimum absolute atomic E-state index is 0.654. The molecule has 1 aromatic rings. The summed E-state index contributed by atoms with van der Waals surface area (Å²) < 4.78 is 5.09. The SMILES string of the molecule is COCc1cccc(C2=NCCN2)c1. The van der Waals surface area contributed by atoms with Crippen LogP contribution in [0, 0.1) is 0 Å². The van der Waals surface area contributed by atoms with Crippen LogP contribution in [0.25, 0.3) is 0 Å². The number of methoxy groups -OCH3 is 1. The third-order valence-electron chi connectivity index (χ3n) is 2.19. The smallest absolute Gasteiger partial charge is 0.128 e. The van der Waals surface area contributed by atoms with Gasteiger partial charge in [-0.15, -0.1) is 0 Å². The van der Waals surface area contributed by atoms with Crippen LogP contribution in [0.4, 0.5) is 0 Å². The Bertz CT molecular complexity index is 347. The van der Waals surface area contributed by atoms with Crippen LogP contribution in [-0.4, -0.2) is 26.0 Å².